The number of hydrogen-bond acceptors (Lipinski definition) is 5. The second-order valence-electron chi connectivity index (χ2n) is 7.93. The Labute approximate surface area is 164 Å². The molecule has 0 spiro atoms. The lowest BCUT2D eigenvalue weighted by Crippen LogP contribution is -2.18. The quantitative estimate of drug-likeness (QED) is 0.474. The number of hydrogen-bond donors (Lipinski definition) is 0. The predicted molar refractivity (Wildman–Crippen MR) is 108 cm³/mol. The summed E-state index contributed by atoms with van der Waals surface area (Å²) < 4.78 is 10.3. The van der Waals surface area contributed by atoms with Crippen LogP contribution >= 0.6 is 23.1 Å². The monoisotopic (exact) mass is 392 g/mol. The molecule has 7 heteroatoms. The van der Waals surface area contributed by atoms with Crippen LogP contribution in [0.1, 0.15) is 45.0 Å². The Morgan fingerprint density at radius 3 is 2.73 bits per heavy atom. The van der Waals surface area contributed by atoms with E-state index in [4.69, 9.17) is 16.3 Å². The molecule has 2 aromatic rings. The molecule has 0 N–H and O–H groups in total. The minimum Gasteiger partial charge on any atom is -0.430 e. The molecule has 3 rings (SSSR count). The van der Waals surface area contributed by atoms with Crippen molar-refractivity contribution >= 4 is 35.2 Å². The molecule has 1 aliphatic carbocycles. The summed E-state index contributed by atoms with van der Waals surface area (Å²) in [5.74, 6) is 2.28. The molecule has 1 fully saturated rings. The third-order valence-electron chi connectivity index (χ3n) is 4.16. The second kappa shape index (κ2) is 7.53. The van der Waals surface area contributed by atoms with E-state index in [9.17, 15) is 0 Å². The van der Waals surface area contributed by atoms with Crippen molar-refractivity contribution in [1.29, 1.82) is 0 Å². The fourth-order valence-electron chi connectivity index (χ4n) is 2.42. The van der Waals surface area contributed by atoms with Gasteiger partial charge in [-0.1, -0.05) is 32.4 Å². The van der Waals surface area contributed by atoms with E-state index >= 15 is 0 Å². The maximum Gasteiger partial charge on any atom is 0.298 e. The zero-order chi connectivity index (χ0) is 18.9. The molecule has 1 aromatic carbocycles. The Bertz CT molecular complexity index is 808. The van der Waals surface area contributed by atoms with Crippen molar-refractivity contribution in [1.82, 2.24) is 14.3 Å². The smallest absolute Gasteiger partial charge is 0.298 e. The highest BCUT2D eigenvalue weighted by molar-refractivity contribution is 7.07. The highest BCUT2D eigenvalue weighted by Crippen LogP contribution is 2.36. The lowest BCUT2D eigenvalue weighted by molar-refractivity contribution is 0.465. The van der Waals surface area contributed by atoms with Crippen LogP contribution in [-0.2, 0) is 5.41 Å². The zero-order valence-electron chi connectivity index (χ0n) is 15.9. The van der Waals surface area contributed by atoms with Gasteiger partial charge >= 0.3 is 0 Å². The Kier molecular flexibility index (Phi) is 5.53. The van der Waals surface area contributed by atoms with Gasteiger partial charge in [-0.25, -0.2) is 4.99 Å². The van der Waals surface area contributed by atoms with Crippen LogP contribution in [0.5, 0.6) is 10.9 Å². The minimum atomic E-state index is -0.101. The van der Waals surface area contributed by atoms with Gasteiger partial charge in [-0.15, -0.1) is 0 Å². The maximum absolute atomic E-state index is 6.40. The average Bonchev–Trinajstić information content (AvgIpc) is 3.22. The van der Waals surface area contributed by atoms with Crippen molar-refractivity contribution in [3.63, 3.8) is 0 Å². The van der Waals surface area contributed by atoms with Gasteiger partial charge in [0.25, 0.3) is 5.19 Å². The van der Waals surface area contributed by atoms with Crippen LogP contribution in [0.25, 0.3) is 0 Å². The number of nitrogens with zero attached hydrogens (tertiary/aromatic N) is 4. The first-order chi connectivity index (χ1) is 12.2. The third-order valence-corrected chi connectivity index (χ3v) is 5.05. The van der Waals surface area contributed by atoms with Crippen LogP contribution in [0.15, 0.2) is 17.1 Å². The SMILES string of the molecule is Cc1cc(N=CN(C)CC2CC2)c(Cl)cc1Oc1nc(C(C)(C)C)ns1. The molecule has 0 atom stereocenters. The van der Waals surface area contributed by atoms with Crippen LogP contribution in [-0.4, -0.2) is 34.2 Å². The molecule has 140 valence electrons. The zero-order valence-corrected chi connectivity index (χ0v) is 17.5. The number of benzene rings is 1. The van der Waals surface area contributed by atoms with Crippen molar-refractivity contribution in [2.75, 3.05) is 13.6 Å². The first-order valence-corrected chi connectivity index (χ1v) is 9.94. The van der Waals surface area contributed by atoms with Crippen molar-refractivity contribution in [3.05, 3.63) is 28.5 Å². The van der Waals surface area contributed by atoms with E-state index < -0.39 is 0 Å². The molecule has 0 amide bonds. The van der Waals surface area contributed by atoms with Gasteiger partial charge in [-0.2, -0.15) is 9.36 Å². The fraction of sp³-hybridized carbons (Fsp3) is 0.526. The molecule has 1 aliphatic rings. The van der Waals surface area contributed by atoms with E-state index in [1.54, 1.807) is 6.07 Å². The number of aliphatic imine (C=N–C) groups is 1. The highest BCUT2D eigenvalue weighted by atomic mass is 35.5. The Balaban J connectivity index is 1.72. The summed E-state index contributed by atoms with van der Waals surface area (Å²) in [7, 11) is 2.04. The number of ether oxygens (including phenoxy) is 1. The standard InChI is InChI=1S/C19H25ClN4OS/c1-12-8-15(21-11-24(5)10-13-6-7-13)14(20)9-16(12)25-18-22-17(23-26-18)19(2,3)4/h8-9,11,13H,6-7,10H2,1-5H3. The van der Waals surface area contributed by atoms with Gasteiger partial charge in [0, 0.05) is 36.6 Å². The molecule has 5 nitrogen and oxygen atoms in total. The largest absolute Gasteiger partial charge is 0.430 e. The minimum absolute atomic E-state index is 0.101. The summed E-state index contributed by atoms with van der Waals surface area (Å²) in [5, 5.41) is 1.08. The van der Waals surface area contributed by atoms with Crippen molar-refractivity contribution in [3.8, 4) is 10.9 Å². The molecule has 1 aromatic heterocycles. The normalized spacial score (nSPS) is 14.8. The lowest BCUT2D eigenvalue weighted by Gasteiger charge is -2.13. The van der Waals surface area contributed by atoms with Crippen LogP contribution < -0.4 is 4.74 Å². The van der Waals surface area contributed by atoms with Gasteiger partial charge in [0.2, 0.25) is 0 Å². The number of halogens is 1. The van der Waals surface area contributed by atoms with E-state index in [1.165, 1.54) is 24.4 Å². The van der Waals surface area contributed by atoms with E-state index in [0.717, 1.165) is 29.5 Å². The topological polar surface area (TPSA) is 50.6 Å². The molecule has 0 aliphatic heterocycles. The first kappa shape index (κ1) is 19.1. The molecule has 0 unspecified atom stereocenters. The molecule has 1 saturated carbocycles. The Hall–Kier alpha value is -1.66. The molecule has 26 heavy (non-hydrogen) atoms. The summed E-state index contributed by atoms with van der Waals surface area (Å²) in [4.78, 5) is 11.1. The summed E-state index contributed by atoms with van der Waals surface area (Å²) in [6, 6.07) is 3.73. The first-order valence-electron chi connectivity index (χ1n) is 8.79. The molecule has 1 heterocycles. The summed E-state index contributed by atoms with van der Waals surface area (Å²) >= 11 is 7.66. The second-order valence-corrected chi connectivity index (χ2v) is 9.05. The predicted octanol–water partition coefficient (Wildman–Crippen LogP) is 5.59. The van der Waals surface area contributed by atoms with Gasteiger partial charge in [0.15, 0.2) is 5.82 Å². The highest BCUT2D eigenvalue weighted by Gasteiger charge is 2.22. The van der Waals surface area contributed by atoms with Gasteiger partial charge in [0.1, 0.15) is 5.75 Å². The van der Waals surface area contributed by atoms with Crippen molar-refractivity contribution in [2.24, 2.45) is 10.9 Å². The van der Waals surface area contributed by atoms with Gasteiger partial charge in [0.05, 0.1) is 17.0 Å². The van der Waals surface area contributed by atoms with E-state index in [1.807, 2.05) is 26.4 Å². The Morgan fingerprint density at radius 2 is 2.12 bits per heavy atom. The van der Waals surface area contributed by atoms with E-state index in [0.29, 0.717) is 16.0 Å². The van der Waals surface area contributed by atoms with Crippen molar-refractivity contribution in [2.45, 2.75) is 46.0 Å². The molecule has 0 saturated heterocycles. The average molecular weight is 393 g/mol. The summed E-state index contributed by atoms with van der Waals surface area (Å²) in [6.07, 6.45) is 4.50. The summed E-state index contributed by atoms with van der Waals surface area (Å²) in [6.45, 7) is 9.26. The number of aryl methyl sites for hydroxylation is 1. The number of aromatic nitrogens is 2. The molecule has 0 bridgehead atoms. The maximum atomic E-state index is 6.40. The summed E-state index contributed by atoms with van der Waals surface area (Å²) in [5.41, 5.74) is 1.60. The molecular formula is C19H25ClN4OS. The van der Waals surface area contributed by atoms with Crippen molar-refractivity contribution < 1.29 is 4.74 Å². The van der Waals surface area contributed by atoms with Gasteiger partial charge in [-0.05, 0) is 37.3 Å². The van der Waals surface area contributed by atoms with E-state index in [2.05, 4.69) is 40.0 Å². The Morgan fingerprint density at radius 1 is 1.38 bits per heavy atom. The van der Waals surface area contributed by atoms with Gasteiger partial charge < -0.3 is 9.64 Å². The van der Waals surface area contributed by atoms with Crippen LogP contribution in [0, 0.1) is 12.8 Å². The van der Waals surface area contributed by atoms with Crippen LogP contribution in [0.2, 0.25) is 5.02 Å². The van der Waals surface area contributed by atoms with Crippen LogP contribution in [0.4, 0.5) is 5.69 Å². The van der Waals surface area contributed by atoms with E-state index in [-0.39, 0.29) is 5.41 Å². The van der Waals surface area contributed by atoms with Crippen LogP contribution in [0.3, 0.4) is 0 Å². The van der Waals surface area contributed by atoms with Gasteiger partial charge in [-0.3, -0.25) is 0 Å². The molecule has 0 radical (unpaired) electrons. The number of rotatable bonds is 6. The molecular weight excluding hydrogens is 368 g/mol. The third kappa shape index (κ3) is 4.95. The lowest BCUT2D eigenvalue weighted by atomic mass is 9.96. The fourth-order valence-corrected chi connectivity index (χ4v) is 3.36.